The number of carbonyl (C=O) groups is 1. The van der Waals surface area contributed by atoms with E-state index in [1.165, 1.54) is 16.5 Å². The summed E-state index contributed by atoms with van der Waals surface area (Å²) in [6.07, 6.45) is 0. The van der Waals surface area contributed by atoms with Gasteiger partial charge in [-0.2, -0.15) is 5.10 Å². The number of aromatic nitrogens is 3. The van der Waals surface area contributed by atoms with Crippen molar-refractivity contribution in [3.8, 4) is 17.1 Å². The number of carbonyl (C=O) groups excluding carboxylic acids is 1. The molecule has 148 valence electrons. The molecule has 2 heterocycles. The maximum absolute atomic E-state index is 12.5. The second-order valence-corrected chi connectivity index (χ2v) is 6.81. The zero-order valence-corrected chi connectivity index (χ0v) is 16.8. The first-order valence-electron chi connectivity index (χ1n) is 9.80. The van der Waals surface area contributed by atoms with Gasteiger partial charge in [0.25, 0.3) is 5.91 Å². The number of aryl methyl sites for hydroxylation is 2. The lowest BCUT2D eigenvalue weighted by molar-refractivity contribution is 0.102. The van der Waals surface area contributed by atoms with E-state index >= 15 is 0 Å². The topological polar surface area (TPSA) is 71.9 Å². The molecule has 0 aliphatic carbocycles. The minimum absolute atomic E-state index is 0.209. The number of nitrogens with one attached hydrogen (secondary N) is 2. The highest BCUT2D eigenvalue weighted by molar-refractivity contribution is 6.04. The van der Waals surface area contributed by atoms with Gasteiger partial charge in [0.1, 0.15) is 5.75 Å². The van der Waals surface area contributed by atoms with Gasteiger partial charge >= 0.3 is 0 Å². The molecule has 0 saturated carbocycles. The number of hydrogen-bond donors (Lipinski definition) is 2. The molecule has 6 heteroatoms. The van der Waals surface area contributed by atoms with Crippen LogP contribution in [0.1, 0.15) is 29.8 Å². The fraction of sp³-hybridized carbons (Fsp3) is 0.217. The third-order valence-corrected chi connectivity index (χ3v) is 5.04. The monoisotopic (exact) mass is 388 g/mol. The van der Waals surface area contributed by atoms with Gasteiger partial charge in [-0.3, -0.25) is 9.89 Å². The van der Waals surface area contributed by atoms with E-state index in [2.05, 4.69) is 52.1 Å². The first-order chi connectivity index (χ1) is 14.1. The number of amides is 1. The van der Waals surface area contributed by atoms with Crippen LogP contribution in [-0.4, -0.2) is 27.3 Å². The summed E-state index contributed by atoms with van der Waals surface area (Å²) in [6, 6.07) is 17.3. The van der Waals surface area contributed by atoms with Gasteiger partial charge in [-0.25, -0.2) is 0 Å². The van der Waals surface area contributed by atoms with Crippen LogP contribution >= 0.6 is 0 Å². The SMILES string of the molecule is CCOc1ccc(C(=O)Nc2cc(-c3c(C)c4ccccc4n3CC)[nH]n2)cc1. The summed E-state index contributed by atoms with van der Waals surface area (Å²) in [5, 5.41) is 11.5. The summed E-state index contributed by atoms with van der Waals surface area (Å²) in [6.45, 7) is 7.60. The Morgan fingerprint density at radius 1 is 1.14 bits per heavy atom. The van der Waals surface area contributed by atoms with Crippen molar-refractivity contribution in [2.24, 2.45) is 0 Å². The molecule has 0 atom stereocenters. The summed E-state index contributed by atoms with van der Waals surface area (Å²) < 4.78 is 7.68. The van der Waals surface area contributed by atoms with Gasteiger partial charge in [0.15, 0.2) is 5.82 Å². The number of anilines is 1. The lowest BCUT2D eigenvalue weighted by Gasteiger charge is -2.06. The van der Waals surface area contributed by atoms with Crippen LogP contribution in [0.5, 0.6) is 5.75 Å². The number of H-pyrrole nitrogens is 1. The molecule has 6 nitrogen and oxygen atoms in total. The van der Waals surface area contributed by atoms with Crippen LogP contribution in [0.15, 0.2) is 54.6 Å². The lowest BCUT2D eigenvalue weighted by atomic mass is 10.1. The second kappa shape index (κ2) is 7.83. The average Bonchev–Trinajstić information content (AvgIpc) is 3.31. The number of ether oxygens (including phenoxy) is 1. The smallest absolute Gasteiger partial charge is 0.256 e. The van der Waals surface area contributed by atoms with E-state index in [4.69, 9.17) is 4.74 Å². The highest BCUT2D eigenvalue weighted by Crippen LogP contribution is 2.33. The van der Waals surface area contributed by atoms with E-state index in [0.29, 0.717) is 18.0 Å². The number of benzene rings is 2. The quantitative estimate of drug-likeness (QED) is 0.488. The predicted octanol–water partition coefficient (Wildman–Crippen LogP) is 5.01. The molecule has 2 N–H and O–H groups in total. The predicted molar refractivity (Wildman–Crippen MR) is 115 cm³/mol. The fourth-order valence-electron chi connectivity index (χ4n) is 3.72. The van der Waals surface area contributed by atoms with Crippen LogP contribution < -0.4 is 10.1 Å². The Bertz CT molecular complexity index is 1160. The number of hydrogen-bond acceptors (Lipinski definition) is 3. The van der Waals surface area contributed by atoms with Gasteiger partial charge in [0.2, 0.25) is 0 Å². The molecule has 0 spiro atoms. The third kappa shape index (κ3) is 3.49. The fourth-order valence-corrected chi connectivity index (χ4v) is 3.72. The van der Waals surface area contributed by atoms with E-state index in [1.54, 1.807) is 24.3 Å². The van der Waals surface area contributed by atoms with Crippen molar-refractivity contribution >= 4 is 22.6 Å². The van der Waals surface area contributed by atoms with Gasteiger partial charge in [0.05, 0.1) is 18.0 Å². The number of fused-ring (bicyclic) bond motifs is 1. The van der Waals surface area contributed by atoms with E-state index < -0.39 is 0 Å². The highest BCUT2D eigenvalue weighted by atomic mass is 16.5. The zero-order valence-electron chi connectivity index (χ0n) is 16.8. The molecule has 0 saturated heterocycles. The summed E-state index contributed by atoms with van der Waals surface area (Å²) in [7, 11) is 0. The van der Waals surface area contributed by atoms with Crippen molar-refractivity contribution in [3.05, 3.63) is 65.7 Å². The Morgan fingerprint density at radius 3 is 2.62 bits per heavy atom. The van der Waals surface area contributed by atoms with Crippen molar-refractivity contribution in [3.63, 3.8) is 0 Å². The van der Waals surface area contributed by atoms with Gasteiger partial charge in [-0.05, 0) is 56.7 Å². The second-order valence-electron chi connectivity index (χ2n) is 6.81. The molecule has 4 rings (SSSR count). The Hall–Kier alpha value is -3.54. The Morgan fingerprint density at radius 2 is 1.90 bits per heavy atom. The summed E-state index contributed by atoms with van der Waals surface area (Å²) >= 11 is 0. The first kappa shape index (κ1) is 18.8. The minimum atomic E-state index is -0.209. The molecule has 2 aromatic carbocycles. The summed E-state index contributed by atoms with van der Waals surface area (Å²) in [5.41, 5.74) is 4.90. The maximum Gasteiger partial charge on any atom is 0.256 e. The number of rotatable bonds is 6. The normalized spacial score (nSPS) is 11.0. The number of para-hydroxylation sites is 1. The molecule has 1 amide bonds. The van der Waals surface area contributed by atoms with E-state index in [0.717, 1.165) is 23.7 Å². The minimum Gasteiger partial charge on any atom is -0.494 e. The Kier molecular flexibility index (Phi) is 5.08. The van der Waals surface area contributed by atoms with Crippen LogP contribution in [0, 0.1) is 6.92 Å². The average molecular weight is 388 g/mol. The Balaban J connectivity index is 1.60. The van der Waals surface area contributed by atoms with Crippen LogP contribution in [0.25, 0.3) is 22.3 Å². The summed E-state index contributed by atoms with van der Waals surface area (Å²) in [5.74, 6) is 1.03. The molecule has 0 fully saturated rings. The molecule has 2 aromatic heterocycles. The van der Waals surface area contributed by atoms with Crippen LogP contribution in [0.3, 0.4) is 0 Å². The van der Waals surface area contributed by atoms with Crippen LogP contribution in [-0.2, 0) is 6.54 Å². The van der Waals surface area contributed by atoms with Gasteiger partial charge in [-0.1, -0.05) is 18.2 Å². The van der Waals surface area contributed by atoms with Gasteiger partial charge in [0, 0.05) is 29.1 Å². The van der Waals surface area contributed by atoms with Gasteiger partial charge < -0.3 is 14.6 Å². The molecule has 4 aromatic rings. The molecule has 0 aliphatic rings. The molecular weight excluding hydrogens is 364 g/mol. The standard InChI is InChI=1S/C23H24N4O2/c1-4-27-20-9-7-6-8-18(20)15(3)22(27)19-14-21(26-25-19)24-23(28)16-10-12-17(13-11-16)29-5-2/h6-14H,4-5H2,1-3H3,(H2,24,25,26,28). The number of aromatic amines is 1. The van der Waals surface area contributed by atoms with Crippen LogP contribution in [0.4, 0.5) is 5.82 Å². The van der Waals surface area contributed by atoms with Gasteiger partial charge in [-0.15, -0.1) is 0 Å². The summed E-state index contributed by atoms with van der Waals surface area (Å²) in [4.78, 5) is 12.5. The lowest BCUT2D eigenvalue weighted by Crippen LogP contribution is -2.12. The van der Waals surface area contributed by atoms with E-state index in [-0.39, 0.29) is 5.91 Å². The van der Waals surface area contributed by atoms with Crippen LogP contribution in [0.2, 0.25) is 0 Å². The largest absolute Gasteiger partial charge is 0.494 e. The van der Waals surface area contributed by atoms with Crippen molar-refractivity contribution in [1.82, 2.24) is 14.8 Å². The molecule has 29 heavy (non-hydrogen) atoms. The van der Waals surface area contributed by atoms with Crippen molar-refractivity contribution < 1.29 is 9.53 Å². The molecule has 0 aliphatic heterocycles. The molecule has 0 radical (unpaired) electrons. The highest BCUT2D eigenvalue weighted by Gasteiger charge is 2.17. The molecule has 0 bridgehead atoms. The van der Waals surface area contributed by atoms with E-state index in [9.17, 15) is 4.79 Å². The number of nitrogens with zero attached hydrogens (tertiary/aromatic N) is 2. The zero-order chi connectivity index (χ0) is 20.4. The first-order valence-corrected chi connectivity index (χ1v) is 9.80. The van der Waals surface area contributed by atoms with E-state index in [1.807, 2.05) is 19.1 Å². The van der Waals surface area contributed by atoms with Crippen molar-refractivity contribution in [1.29, 1.82) is 0 Å². The molecular formula is C23H24N4O2. The Labute approximate surface area is 169 Å². The maximum atomic E-state index is 12.5. The molecule has 0 unspecified atom stereocenters. The van der Waals surface area contributed by atoms with Crippen molar-refractivity contribution in [2.45, 2.75) is 27.3 Å². The van der Waals surface area contributed by atoms with Crippen molar-refractivity contribution in [2.75, 3.05) is 11.9 Å². The third-order valence-electron chi connectivity index (χ3n) is 5.04.